The van der Waals surface area contributed by atoms with Crippen LogP contribution in [0.1, 0.15) is 6.42 Å². The molecule has 4 nitrogen and oxygen atoms in total. The summed E-state index contributed by atoms with van der Waals surface area (Å²) in [7, 11) is 1.59. The molecule has 0 aromatic heterocycles. The zero-order valence-electron chi connectivity index (χ0n) is 8.53. The highest BCUT2D eigenvalue weighted by atomic mass is 32.2. The molecular formula is C10H14N2O2S. The van der Waals surface area contributed by atoms with E-state index in [9.17, 15) is 4.79 Å². The number of amides is 1. The normalized spacial score (nSPS) is 9.93. The molecule has 0 atom stereocenters. The number of benzene rings is 1. The van der Waals surface area contributed by atoms with Crippen molar-refractivity contribution < 1.29 is 9.53 Å². The third-order valence-corrected chi connectivity index (χ3v) is 2.85. The summed E-state index contributed by atoms with van der Waals surface area (Å²) >= 11 is 1.53. The van der Waals surface area contributed by atoms with Crippen LogP contribution in [0.25, 0.3) is 0 Å². The maximum Gasteiger partial charge on any atom is 0.218 e. The van der Waals surface area contributed by atoms with Crippen LogP contribution in [-0.2, 0) is 4.79 Å². The van der Waals surface area contributed by atoms with Gasteiger partial charge in [-0.2, -0.15) is 0 Å². The molecule has 1 rings (SSSR count). The molecule has 0 fully saturated rings. The molecule has 0 bridgehead atoms. The van der Waals surface area contributed by atoms with Crippen LogP contribution < -0.4 is 16.2 Å². The second kappa shape index (κ2) is 5.50. The molecule has 82 valence electrons. The fourth-order valence-electron chi connectivity index (χ4n) is 1.07. The molecule has 1 aromatic rings. The second-order valence-electron chi connectivity index (χ2n) is 2.98. The van der Waals surface area contributed by atoms with Crippen molar-refractivity contribution in [2.45, 2.75) is 11.3 Å². The van der Waals surface area contributed by atoms with Crippen molar-refractivity contribution >= 4 is 23.4 Å². The SMILES string of the molecule is COc1cc(N)ccc1SCCC(N)=O. The van der Waals surface area contributed by atoms with Gasteiger partial charge in [-0.3, -0.25) is 4.79 Å². The number of nitrogens with two attached hydrogens (primary N) is 2. The van der Waals surface area contributed by atoms with Gasteiger partial charge in [-0.25, -0.2) is 0 Å². The standard InChI is InChI=1S/C10H14N2O2S/c1-14-8-6-7(11)2-3-9(8)15-5-4-10(12)13/h2-3,6H,4-5,11H2,1H3,(H2,12,13). The number of ether oxygens (including phenoxy) is 1. The molecule has 0 radical (unpaired) electrons. The Labute approximate surface area is 93.0 Å². The Morgan fingerprint density at radius 3 is 2.87 bits per heavy atom. The number of nitrogen functional groups attached to an aromatic ring is 1. The largest absolute Gasteiger partial charge is 0.496 e. The van der Waals surface area contributed by atoms with Crippen molar-refractivity contribution in [3.05, 3.63) is 18.2 Å². The van der Waals surface area contributed by atoms with Crippen molar-refractivity contribution in [3.8, 4) is 5.75 Å². The lowest BCUT2D eigenvalue weighted by Crippen LogP contribution is -2.10. The number of primary amides is 1. The Morgan fingerprint density at radius 1 is 1.53 bits per heavy atom. The highest BCUT2D eigenvalue weighted by Crippen LogP contribution is 2.31. The van der Waals surface area contributed by atoms with Crippen LogP contribution in [0.15, 0.2) is 23.1 Å². The average Bonchev–Trinajstić information content (AvgIpc) is 2.19. The molecule has 15 heavy (non-hydrogen) atoms. The van der Waals surface area contributed by atoms with Crippen LogP contribution in [0.2, 0.25) is 0 Å². The van der Waals surface area contributed by atoms with Gasteiger partial charge in [0.15, 0.2) is 0 Å². The molecule has 0 saturated heterocycles. The highest BCUT2D eigenvalue weighted by molar-refractivity contribution is 7.99. The van der Waals surface area contributed by atoms with Gasteiger partial charge in [0.1, 0.15) is 5.75 Å². The Kier molecular flexibility index (Phi) is 4.30. The van der Waals surface area contributed by atoms with Gasteiger partial charge in [-0.15, -0.1) is 11.8 Å². The van der Waals surface area contributed by atoms with Crippen molar-refractivity contribution in [2.75, 3.05) is 18.6 Å². The monoisotopic (exact) mass is 226 g/mol. The van der Waals surface area contributed by atoms with Crippen molar-refractivity contribution in [1.82, 2.24) is 0 Å². The number of anilines is 1. The number of hydrogen-bond donors (Lipinski definition) is 2. The summed E-state index contributed by atoms with van der Waals surface area (Å²) in [5.41, 5.74) is 11.3. The predicted molar refractivity (Wildman–Crippen MR) is 61.9 cm³/mol. The highest BCUT2D eigenvalue weighted by Gasteiger charge is 2.04. The summed E-state index contributed by atoms with van der Waals surface area (Å²) < 4.78 is 5.17. The number of methoxy groups -OCH3 is 1. The van der Waals surface area contributed by atoms with Crippen LogP contribution >= 0.6 is 11.8 Å². The van der Waals surface area contributed by atoms with Crippen LogP contribution in [0.3, 0.4) is 0 Å². The van der Waals surface area contributed by atoms with Crippen LogP contribution in [0.5, 0.6) is 5.75 Å². The van der Waals surface area contributed by atoms with Crippen LogP contribution in [-0.4, -0.2) is 18.8 Å². The topological polar surface area (TPSA) is 78.3 Å². The molecule has 1 amide bonds. The zero-order valence-corrected chi connectivity index (χ0v) is 9.34. The first-order valence-corrected chi connectivity index (χ1v) is 5.46. The fourth-order valence-corrected chi connectivity index (χ4v) is 2.04. The van der Waals surface area contributed by atoms with Crippen molar-refractivity contribution in [3.63, 3.8) is 0 Å². The molecule has 0 saturated carbocycles. The van der Waals surface area contributed by atoms with Gasteiger partial charge in [-0.1, -0.05) is 0 Å². The van der Waals surface area contributed by atoms with Gasteiger partial charge >= 0.3 is 0 Å². The Morgan fingerprint density at radius 2 is 2.27 bits per heavy atom. The summed E-state index contributed by atoms with van der Waals surface area (Å²) in [6.07, 6.45) is 0.359. The Bertz CT molecular complexity index is 355. The smallest absolute Gasteiger partial charge is 0.218 e. The van der Waals surface area contributed by atoms with E-state index in [0.717, 1.165) is 10.6 Å². The first kappa shape index (κ1) is 11.7. The van der Waals surface area contributed by atoms with E-state index in [-0.39, 0.29) is 5.91 Å². The molecular weight excluding hydrogens is 212 g/mol. The maximum atomic E-state index is 10.6. The molecule has 5 heteroatoms. The van der Waals surface area contributed by atoms with E-state index in [4.69, 9.17) is 16.2 Å². The van der Waals surface area contributed by atoms with E-state index in [0.29, 0.717) is 17.9 Å². The minimum Gasteiger partial charge on any atom is -0.496 e. The third-order valence-electron chi connectivity index (χ3n) is 1.79. The van der Waals surface area contributed by atoms with Crippen LogP contribution in [0, 0.1) is 0 Å². The zero-order chi connectivity index (χ0) is 11.3. The Hall–Kier alpha value is -1.36. The molecule has 0 heterocycles. The van der Waals surface area contributed by atoms with E-state index in [1.165, 1.54) is 11.8 Å². The lowest BCUT2D eigenvalue weighted by atomic mass is 10.3. The van der Waals surface area contributed by atoms with Crippen molar-refractivity contribution in [2.24, 2.45) is 5.73 Å². The quantitative estimate of drug-likeness (QED) is 0.585. The number of carbonyl (C=O) groups is 1. The summed E-state index contributed by atoms with van der Waals surface area (Å²) in [4.78, 5) is 11.5. The van der Waals surface area contributed by atoms with Gasteiger partial charge in [0.25, 0.3) is 0 Å². The molecule has 4 N–H and O–H groups in total. The summed E-state index contributed by atoms with van der Waals surface area (Å²) in [5.74, 6) is 1.08. The molecule has 1 aromatic carbocycles. The lowest BCUT2D eigenvalue weighted by molar-refractivity contribution is -0.117. The molecule has 0 aliphatic heterocycles. The summed E-state index contributed by atoms with van der Waals surface area (Å²) in [6.45, 7) is 0. The molecule has 0 aliphatic carbocycles. The van der Waals surface area contributed by atoms with E-state index in [1.807, 2.05) is 6.07 Å². The van der Waals surface area contributed by atoms with E-state index in [2.05, 4.69) is 0 Å². The van der Waals surface area contributed by atoms with E-state index >= 15 is 0 Å². The first-order chi connectivity index (χ1) is 7.13. The maximum absolute atomic E-state index is 10.6. The average molecular weight is 226 g/mol. The molecule has 0 spiro atoms. The van der Waals surface area contributed by atoms with Crippen molar-refractivity contribution in [1.29, 1.82) is 0 Å². The summed E-state index contributed by atoms with van der Waals surface area (Å²) in [6, 6.07) is 5.43. The minimum atomic E-state index is -0.295. The van der Waals surface area contributed by atoms with E-state index in [1.54, 1.807) is 19.2 Å². The van der Waals surface area contributed by atoms with Gasteiger partial charge < -0.3 is 16.2 Å². The third kappa shape index (κ3) is 3.71. The number of carbonyl (C=O) groups excluding carboxylic acids is 1. The molecule has 0 aliphatic rings. The van der Waals surface area contributed by atoms with Crippen LogP contribution in [0.4, 0.5) is 5.69 Å². The number of hydrogen-bond acceptors (Lipinski definition) is 4. The van der Waals surface area contributed by atoms with Gasteiger partial charge in [0, 0.05) is 28.8 Å². The minimum absolute atomic E-state index is 0.295. The number of rotatable bonds is 5. The summed E-state index contributed by atoms with van der Waals surface area (Å²) in [5, 5.41) is 0. The Balaban J connectivity index is 2.63. The van der Waals surface area contributed by atoms with Gasteiger partial charge in [0.05, 0.1) is 7.11 Å². The van der Waals surface area contributed by atoms with Gasteiger partial charge in [-0.05, 0) is 12.1 Å². The number of thioether (sulfide) groups is 1. The van der Waals surface area contributed by atoms with E-state index < -0.39 is 0 Å². The second-order valence-corrected chi connectivity index (χ2v) is 4.11. The molecule has 0 unspecified atom stereocenters. The predicted octanol–water partition coefficient (Wildman–Crippen LogP) is 1.24. The first-order valence-electron chi connectivity index (χ1n) is 4.48. The lowest BCUT2D eigenvalue weighted by Gasteiger charge is -2.08. The fraction of sp³-hybridized carbons (Fsp3) is 0.300. The van der Waals surface area contributed by atoms with Gasteiger partial charge in [0.2, 0.25) is 5.91 Å².